The van der Waals surface area contributed by atoms with Crippen LogP contribution in [0.5, 0.6) is 11.5 Å². The van der Waals surface area contributed by atoms with Crippen LogP contribution < -0.4 is 20.5 Å². The van der Waals surface area contributed by atoms with Crippen molar-refractivity contribution in [2.45, 2.75) is 20.0 Å². The van der Waals surface area contributed by atoms with Crippen molar-refractivity contribution in [2.24, 2.45) is 5.73 Å². The van der Waals surface area contributed by atoms with Crippen LogP contribution in [0.25, 0.3) is 0 Å². The largest absolute Gasteiger partial charge is 0.492 e. The number of hydrogen-bond acceptors (Lipinski definition) is 4. The maximum absolute atomic E-state index is 12.2. The van der Waals surface area contributed by atoms with Crippen LogP contribution >= 0.6 is 0 Å². The summed E-state index contributed by atoms with van der Waals surface area (Å²) in [4.78, 5) is 12.2. The van der Waals surface area contributed by atoms with Gasteiger partial charge in [-0.1, -0.05) is 12.1 Å². The van der Waals surface area contributed by atoms with Gasteiger partial charge in [-0.15, -0.1) is 0 Å². The quantitative estimate of drug-likeness (QED) is 0.824. The molecule has 0 heterocycles. The lowest BCUT2D eigenvalue weighted by Crippen LogP contribution is -2.30. The van der Waals surface area contributed by atoms with E-state index in [0.29, 0.717) is 24.6 Å². The summed E-state index contributed by atoms with van der Waals surface area (Å²) < 4.78 is 11.0. The number of hydrogen-bond donors (Lipinski definition) is 2. The van der Waals surface area contributed by atoms with Gasteiger partial charge in [-0.3, -0.25) is 4.79 Å². The van der Waals surface area contributed by atoms with Crippen molar-refractivity contribution in [3.05, 3.63) is 54.1 Å². The molecule has 0 aliphatic heterocycles. The van der Waals surface area contributed by atoms with Gasteiger partial charge in [0.05, 0.1) is 0 Å². The van der Waals surface area contributed by atoms with Gasteiger partial charge in [0.25, 0.3) is 5.91 Å². The molecule has 0 aliphatic rings. The van der Waals surface area contributed by atoms with Gasteiger partial charge in [0.15, 0.2) is 6.10 Å². The second-order valence-corrected chi connectivity index (χ2v) is 5.23. The molecule has 5 heteroatoms. The molecule has 23 heavy (non-hydrogen) atoms. The summed E-state index contributed by atoms with van der Waals surface area (Å²) in [6.07, 6.45) is -0.593. The molecule has 2 aromatic rings. The van der Waals surface area contributed by atoms with Crippen molar-refractivity contribution in [1.82, 2.24) is 0 Å². The summed E-state index contributed by atoms with van der Waals surface area (Å²) in [5.41, 5.74) is 7.16. The monoisotopic (exact) mass is 314 g/mol. The Morgan fingerprint density at radius 1 is 1.17 bits per heavy atom. The standard InChI is InChI=1S/C18H22N2O3/c1-13-4-3-5-17(12-13)23-14(2)18(21)20-15-6-8-16(9-7-15)22-11-10-19/h3-9,12,14H,10-11,19H2,1-2H3,(H,20,21). The maximum Gasteiger partial charge on any atom is 0.265 e. The Morgan fingerprint density at radius 2 is 1.91 bits per heavy atom. The van der Waals surface area contributed by atoms with E-state index in [1.165, 1.54) is 0 Å². The van der Waals surface area contributed by atoms with Gasteiger partial charge in [0.2, 0.25) is 0 Å². The second-order valence-electron chi connectivity index (χ2n) is 5.23. The first-order chi connectivity index (χ1) is 11.1. The molecule has 0 radical (unpaired) electrons. The van der Waals surface area contributed by atoms with Crippen molar-refractivity contribution in [2.75, 3.05) is 18.5 Å². The fraction of sp³-hybridized carbons (Fsp3) is 0.278. The predicted molar refractivity (Wildman–Crippen MR) is 90.9 cm³/mol. The number of amides is 1. The van der Waals surface area contributed by atoms with Gasteiger partial charge in [-0.25, -0.2) is 0 Å². The molecule has 1 amide bonds. The highest BCUT2D eigenvalue weighted by Crippen LogP contribution is 2.17. The van der Waals surface area contributed by atoms with Crippen molar-refractivity contribution in [3.63, 3.8) is 0 Å². The number of carbonyl (C=O) groups excluding carboxylic acids is 1. The zero-order valence-electron chi connectivity index (χ0n) is 13.4. The zero-order valence-corrected chi connectivity index (χ0v) is 13.4. The molecule has 122 valence electrons. The molecule has 0 aromatic heterocycles. The summed E-state index contributed by atoms with van der Waals surface area (Å²) in [5.74, 6) is 1.19. The Balaban J connectivity index is 1.90. The lowest BCUT2D eigenvalue weighted by molar-refractivity contribution is -0.122. The minimum atomic E-state index is -0.593. The van der Waals surface area contributed by atoms with Gasteiger partial charge in [-0.05, 0) is 55.8 Å². The number of benzene rings is 2. The molecule has 0 saturated carbocycles. The minimum Gasteiger partial charge on any atom is -0.492 e. The first-order valence-electron chi connectivity index (χ1n) is 7.55. The number of nitrogens with two attached hydrogens (primary N) is 1. The molecule has 0 bridgehead atoms. The molecule has 3 N–H and O–H groups in total. The first kappa shape index (κ1) is 16.8. The van der Waals surface area contributed by atoms with Gasteiger partial charge in [0, 0.05) is 12.2 Å². The number of carbonyl (C=O) groups is 1. The molecule has 0 saturated heterocycles. The predicted octanol–water partition coefficient (Wildman–Crippen LogP) is 2.74. The number of aryl methyl sites for hydroxylation is 1. The molecule has 0 fully saturated rings. The fourth-order valence-corrected chi connectivity index (χ4v) is 2.00. The number of ether oxygens (including phenoxy) is 2. The Hall–Kier alpha value is -2.53. The van der Waals surface area contributed by atoms with Crippen LogP contribution in [-0.4, -0.2) is 25.2 Å². The van der Waals surface area contributed by atoms with Crippen molar-refractivity contribution < 1.29 is 14.3 Å². The van der Waals surface area contributed by atoms with Crippen LogP contribution in [0.4, 0.5) is 5.69 Å². The van der Waals surface area contributed by atoms with E-state index in [-0.39, 0.29) is 5.91 Å². The van der Waals surface area contributed by atoms with Gasteiger partial charge in [-0.2, -0.15) is 0 Å². The van der Waals surface area contributed by atoms with Crippen LogP contribution in [-0.2, 0) is 4.79 Å². The Morgan fingerprint density at radius 3 is 2.57 bits per heavy atom. The van der Waals surface area contributed by atoms with Gasteiger partial charge >= 0.3 is 0 Å². The molecule has 1 atom stereocenters. The average molecular weight is 314 g/mol. The van der Waals surface area contributed by atoms with E-state index < -0.39 is 6.10 Å². The highest BCUT2D eigenvalue weighted by atomic mass is 16.5. The third-order valence-electron chi connectivity index (χ3n) is 3.18. The Labute approximate surface area is 136 Å². The molecule has 1 unspecified atom stereocenters. The van der Waals surface area contributed by atoms with E-state index in [0.717, 1.165) is 11.3 Å². The summed E-state index contributed by atoms with van der Waals surface area (Å²) in [7, 11) is 0. The van der Waals surface area contributed by atoms with E-state index in [1.807, 2.05) is 31.2 Å². The molecule has 5 nitrogen and oxygen atoms in total. The van der Waals surface area contributed by atoms with Crippen LogP contribution in [0, 0.1) is 6.92 Å². The second kappa shape index (κ2) is 8.19. The average Bonchev–Trinajstić information content (AvgIpc) is 2.54. The third kappa shape index (κ3) is 5.30. The molecule has 2 rings (SSSR count). The lowest BCUT2D eigenvalue weighted by atomic mass is 10.2. The van der Waals surface area contributed by atoms with E-state index in [1.54, 1.807) is 31.2 Å². The molecule has 0 aliphatic carbocycles. The van der Waals surface area contributed by atoms with Gasteiger partial charge in [0.1, 0.15) is 18.1 Å². The number of rotatable bonds is 7. The van der Waals surface area contributed by atoms with Crippen LogP contribution in [0.1, 0.15) is 12.5 Å². The highest BCUT2D eigenvalue weighted by molar-refractivity contribution is 5.94. The summed E-state index contributed by atoms with van der Waals surface area (Å²) in [6.45, 7) is 4.63. The maximum atomic E-state index is 12.2. The summed E-state index contributed by atoms with van der Waals surface area (Å²) in [6, 6.07) is 14.7. The smallest absolute Gasteiger partial charge is 0.265 e. The van der Waals surface area contributed by atoms with Crippen molar-refractivity contribution in [1.29, 1.82) is 0 Å². The van der Waals surface area contributed by atoms with E-state index >= 15 is 0 Å². The SMILES string of the molecule is Cc1cccc(OC(C)C(=O)Nc2ccc(OCCN)cc2)c1. The number of nitrogens with one attached hydrogen (secondary N) is 1. The van der Waals surface area contributed by atoms with E-state index in [9.17, 15) is 4.79 Å². The highest BCUT2D eigenvalue weighted by Gasteiger charge is 2.15. The minimum absolute atomic E-state index is 0.206. The van der Waals surface area contributed by atoms with Crippen molar-refractivity contribution in [3.8, 4) is 11.5 Å². The van der Waals surface area contributed by atoms with E-state index in [2.05, 4.69) is 5.32 Å². The number of anilines is 1. The third-order valence-corrected chi connectivity index (χ3v) is 3.18. The molecule has 2 aromatic carbocycles. The Kier molecular flexibility index (Phi) is 6.00. The molecular formula is C18H22N2O3. The summed E-state index contributed by atoms with van der Waals surface area (Å²) in [5, 5.41) is 2.82. The zero-order chi connectivity index (χ0) is 16.7. The fourth-order valence-electron chi connectivity index (χ4n) is 2.00. The lowest BCUT2D eigenvalue weighted by Gasteiger charge is -2.15. The van der Waals surface area contributed by atoms with Crippen LogP contribution in [0.15, 0.2) is 48.5 Å². The first-order valence-corrected chi connectivity index (χ1v) is 7.55. The summed E-state index contributed by atoms with van der Waals surface area (Å²) >= 11 is 0. The Bertz CT molecular complexity index is 641. The topological polar surface area (TPSA) is 73.6 Å². The van der Waals surface area contributed by atoms with Crippen LogP contribution in [0.3, 0.4) is 0 Å². The van der Waals surface area contributed by atoms with Crippen LogP contribution in [0.2, 0.25) is 0 Å². The molecular weight excluding hydrogens is 292 g/mol. The normalized spacial score (nSPS) is 11.6. The molecule has 0 spiro atoms. The van der Waals surface area contributed by atoms with Gasteiger partial charge < -0.3 is 20.5 Å². The van der Waals surface area contributed by atoms with E-state index in [4.69, 9.17) is 15.2 Å². The van der Waals surface area contributed by atoms with Crippen molar-refractivity contribution >= 4 is 11.6 Å².